The lowest BCUT2D eigenvalue weighted by atomic mass is 9.94. The van der Waals surface area contributed by atoms with Gasteiger partial charge in [0.25, 0.3) is 11.8 Å². The van der Waals surface area contributed by atoms with Crippen LogP contribution in [-0.4, -0.2) is 56.0 Å². The van der Waals surface area contributed by atoms with Gasteiger partial charge in [0.05, 0.1) is 11.2 Å². The Balaban J connectivity index is 1.13. The van der Waals surface area contributed by atoms with Gasteiger partial charge in [-0.1, -0.05) is 30.7 Å². The van der Waals surface area contributed by atoms with Crippen LogP contribution in [0.25, 0.3) is 10.8 Å². The van der Waals surface area contributed by atoms with E-state index in [1.165, 1.54) is 32.4 Å². The lowest BCUT2D eigenvalue weighted by Gasteiger charge is -2.48. The van der Waals surface area contributed by atoms with Gasteiger partial charge in [0, 0.05) is 48.4 Å². The van der Waals surface area contributed by atoms with Crippen LogP contribution in [0.3, 0.4) is 0 Å². The number of carbonyl (C=O) groups excluding carboxylic acids is 2. The predicted molar refractivity (Wildman–Crippen MR) is 148 cm³/mol. The average Bonchev–Trinajstić information content (AvgIpc) is 3.62. The highest BCUT2D eigenvalue weighted by Gasteiger charge is 2.47. The summed E-state index contributed by atoms with van der Waals surface area (Å²) in [5, 5.41) is 5.49. The van der Waals surface area contributed by atoms with Crippen LogP contribution >= 0.6 is 0 Å². The zero-order valence-corrected chi connectivity index (χ0v) is 21.7. The van der Waals surface area contributed by atoms with E-state index in [2.05, 4.69) is 45.4 Å². The molecule has 3 aliphatic heterocycles. The van der Waals surface area contributed by atoms with E-state index in [4.69, 9.17) is 0 Å². The Morgan fingerprint density at radius 3 is 2.54 bits per heavy atom. The zero-order valence-electron chi connectivity index (χ0n) is 21.7. The van der Waals surface area contributed by atoms with Gasteiger partial charge in [-0.15, -0.1) is 0 Å². The number of carbonyl (C=O) groups is 2. The first-order valence-corrected chi connectivity index (χ1v) is 13.7. The summed E-state index contributed by atoms with van der Waals surface area (Å²) < 4.78 is 0. The first-order chi connectivity index (χ1) is 17.9. The second kappa shape index (κ2) is 8.32. The first-order valence-electron chi connectivity index (χ1n) is 13.7. The molecule has 1 N–H and O–H groups in total. The van der Waals surface area contributed by atoms with Crippen LogP contribution in [0.1, 0.15) is 63.9 Å². The van der Waals surface area contributed by atoms with Crippen molar-refractivity contribution in [2.24, 2.45) is 0 Å². The quantitative estimate of drug-likeness (QED) is 0.552. The maximum absolute atomic E-state index is 13.7. The number of aryl methyl sites for hydroxylation is 1. The summed E-state index contributed by atoms with van der Waals surface area (Å²) in [6.45, 7) is 6.56. The highest BCUT2D eigenvalue weighted by atomic mass is 16.2. The molecule has 0 aromatic heterocycles. The SMILES string of the molecule is Cc1ccc(N2CC(N3CCCCC3)C2)cc1C(=O)NC1(c2ccc3c4c(cccc24)C(=O)N3C)CC1. The highest BCUT2D eigenvalue weighted by Crippen LogP contribution is 2.50. The smallest absolute Gasteiger partial charge is 0.258 e. The van der Waals surface area contributed by atoms with Crippen molar-refractivity contribution in [2.45, 2.75) is 50.6 Å². The number of hydrogen-bond acceptors (Lipinski definition) is 4. The van der Waals surface area contributed by atoms with E-state index in [9.17, 15) is 9.59 Å². The zero-order chi connectivity index (χ0) is 25.3. The Bertz CT molecular complexity index is 1430. The highest BCUT2D eigenvalue weighted by molar-refractivity contribution is 6.25. The van der Waals surface area contributed by atoms with Gasteiger partial charge in [0.15, 0.2) is 0 Å². The molecule has 2 amide bonds. The Kier molecular flexibility index (Phi) is 5.12. The number of anilines is 2. The van der Waals surface area contributed by atoms with Crippen molar-refractivity contribution in [3.8, 4) is 0 Å². The maximum Gasteiger partial charge on any atom is 0.258 e. The Morgan fingerprint density at radius 1 is 1.00 bits per heavy atom. The van der Waals surface area contributed by atoms with E-state index in [0.29, 0.717) is 6.04 Å². The molecule has 0 unspecified atom stereocenters. The first kappa shape index (κ1) is 22.8. The largest absolute Gasteiger partial charge is 0.368 e. The topological polar surface area (TPSA) is 55.9 Å². The molecule has 3 aromatic carbocycles. The van der Waals surface area contributed by atoms with Gasteiger partial charge in [-0.05, 0) is 86.5 Å². The Labute approximate surface area is 218 Å². The third-order valence-corrected chi connectivity index (χ3v) is 9.13. The minimum absolute atomic E-state index is 0.0126. The summed E-state index contributed by atoms with van der Waals surface area (Å²) in [6, 6.07) is 17.0. The van der Waals surface area contributed by atoms with E-state index in [1.54, 1.807) is 4.90 Å². The Hall–Kier alpha value is -3.38. The molecule has 6 nitrogen and oxygen atoms in total. The number of likely N-dealkylation sites (tertiary alicyclic amines) is 1. The fraction of sp³-hybridized carbons (Fsp3) is 0.419. The number of hydrogen-bond donors (Lipinski definition) is 1. The van der Waals surface area contributed by atoms with Crippen molar-refractivity contribution in [2.75, 3.05) is 43.0 Å². The molecule has 0 radical (unpaired) electrons. The number of nitrogens with one attached hydrogen (secondary N) is 1. The second-order valence-electron chi connectivity index (χ2n) is 11.4. The van der Waals surface area contributed by atoms with Crippen LogP contribution in [-0.2, 0) is 5.54 Å². The van der Waals surface area contributed by atoms with Crippen molar-refractivity contribution >= 4 is 34.0 Å². The van der Waals surface area contributed by atoms with Crippen LogP contribution < -0.4 is 15.1 Å². The van der Waals surface area contributed by atoms with Crippen LogP contribution in [0.5, 0.6) is 0 Å². The molecule has 7 rings (SSSR count). The standard InChI is InChI=1S/C31H34N4O2/c1-20-9-10-21(35-18-22(19-35)34-15-4-3-5-16-34)17-25(20)29(36)32-31(13-14-31)26-11-12-27-28-23(26)7-6-8-24(28)30(37)33(27)2/h6-12,17,22H,3-5,13-16,18-19H2,1-2H3,(H,32,36). The van der Waals surface area contributed by atoms with Gasteiger partial charge in [-0.3, -0.25) is 14.5 Å². The predicted octanol–water partition coefficient (Wildman–Crippen LogP) is 4.83. The molecule has 4 aliphatic rings. The fourth-order valence-electron chi connectivity index (χ4n) is 6.66. The molecule has 1 aliphatic carbocycles. The van der Waals surface area contributed by atoms with E-state index in [1.807, 2.05) is 32.2 Å². The van der Waals surface area contributed by atoms with Gasteiger partial charge < -0.3 is 15.1 Å². The number of amides is 2. The Morgan fingerprint density at radius 2 is 1.78 bits per heavy atom. The summed E-state index contributed by atoms with van der Waals surface area (Å²) >= 11 is 0. The van der Waals surface area contributed by atoms with Gasteiger partial charge >= 0.3 is 0 Å². The number of rotatable bonds is 5. The molecule has 3 heterocycles. The fourth-order valence-corrected chi connectivity index (χ4v) is 6.66. The normalized spacial score (nSPS) is 20.9. The molecule has 0 atom stereocenters. The van der Waals surface area contributed by atoms with E-state index < -0.39 is 0 Å². The van der Waals surface area contributed by atoms with E-state index in [0.717, 1.165) is 70.3 Å². The minimum Gasteiger partial charge on any atom is -0.368 e. The molecular weight excluding hydrogens is 460 g/mol. The monoisotopic (exact) mass is 494 g/mol. The molecular formula is C31H34N4O2. The summed E-state index contributed by atoms with van der Waals surface area (Å²) in [6.07, 6.45) is 5.81. The minimum atomic E-state index is -0.378. The summed E-state index contributed by atoms with van der Waals surface area (Å²) in [4.78, 5) is 33.2. The van der Waals surface area contributed by atoms with Crippen molar-refractivity contribution in [1.82, 2.24) is 10.2 Å². The van der Waals surface area contributed by atoms with Gasteiger partial charge in [0.2, 0.25) is 0 Å². The molecule has 1 saturated carbocycles. The van der Waals surface area contributed by atoms with Crippen molar-refractivity contribution in [3.63, 3.8) is 0 Å². The van der Waals surface area contributed by atoms with Crippen LogP contribution in [0.15, 0.2) is 48.5 Å². The van der Waals surface area contributed by atoms with Crippen molar-refractivity contribution < 1.29 is 9.59 Å². The van der Waals surface area contributed by atoms with Gasteiger partial charge in [0.1, 0.15) is 0 Å². The van der Waals surface area contributed by atoms with Gasteiger partial charge in [-0.2, -0.15) is 0 Å². The molecule has 2 saturated heterocycles. The number of nitrogens with zero attached hydrogens (tertiary/aromatic N) is 3. The maximum atomic E-state index is 13.7. The van der Waals surface area contributed by atoms with E-state index >= 15 is 0 Å². The number of benzene rings is 3. The molecule has 37 heavy (non-hydrogen) atoms. The second-order valence-corrected chi connectivity index (χ2v) is 11.4. The molecule has 3 fully saturated rings. The third-order valence-electron chi connectivity index (χ3n) is 9.13. The molecule has 3 aromatic rings. The summed E-state index contributed by atoms with van der Waals surface area (Å²) in [5.74, 6) is 0.0222. The van der Waals surface area contributed by atoms with E-state index in [-0.39, 0.29) is 17.4 Å². The lowest BCUT2D eigenvalue weighted by molar-refractivity contribution is 0.0929. The van der Waals surface area contributed by atoms with Gasteiger partial charge in [-0.25, -0.2) is 0 Å². The van der Waals surface area contributed by atoms with Crippen LogP contribution in [0.2, 0.25) is 0 Å². The summed E-state index contributed by atoms with van der Waals surface area (Å²) in [5.41, 5.74) is 5.33. The molecule has 6 heteroatoms. The van der Waals surface area contributed by atoms with Crippen molar-refractivity contribution in [3.05, 3.63) is 70.8 Å². The average molecular weight is 495 g/mol. The van der Waals surface area contributed by atoms with Crippen LogP contribution in [0.4, 0.5) is 11.4 Å². The molecule has 190 valence electrons. The molecule has 0 spiro atoms. The summed E-state index contributed by atoms with van der Waals surface area (Å²) in [7, 11) is 1.83. The lowest BCUT2D eigenvalue weighted by Crippen LogP contribution is -2.60. The molecule has 0 bridgehead atoms. The third kappa shape index (κ3) is 3.57. The van der Waals surface area contributed by atoms with Crippen molar-refractivity contribution in [1.29, 1.82) is 0 Å². The van der Waals surface area contributed by atoms with Crippen LogP contribution in [0, 0.1) is 6.92 Å². The number of piperidine rings is 1.